The molecular weight excluding hydrogens is 240 g/mol. The van der Waals surface area contributed by atoms with Crippen molar-refractivity contribution in [3.05, 3.63) is 29.3 Å². The van der Waals surface area contributed by atoms with Crippen LogP contribution in [0.5, 0.6) is 5.75 Å². The average molecular weight is 260 g/mol. The standard InChI is InChI=1S/C15H20N2O2/c1-17-7-4-13(5-8-17)16-15(18)12-2-3-14-11(10-12)6-9-19-14/h2-3,10,13H,4-9H2,1H3,(H,16,18). The van der Waals surface area contributed by atoms with Gasteiger partial charge in [-0.15, -0.1) is 0 Å². The second kappa shape index (κ2) is 5.21. The molecule has 0 saturated carbocycles. The van der Waals surface area contributed by atoms with E-state index in [9.17, 15) is 4.79 Å². The van der Waals surface area contributed by atoms with Gasteiger partial charge >= 0.3 is 0 Å². The van der Waals surface area contributed by atoms with Crippen LogP contribution in [-0.2, 0) is 6.42 Å². The zero-order valence-electron chi connectivity index (χ0n) is 11.3. The summed E-state index contributed by atoms with van der Waals surface area (Å²) < 4.78 is 5.46. The second-order valence-corrected chi connectivity index (χ2v) is 5.47. The summed E-state index contributed by atoms with van der Waals surface area (Å²) in [5.41, 5.74) is 1.90. The number of ether oxygens (including phenoxy) is 1. The van der Waals surface area contributed by atoms with E-state index in [1.54, 1.807) is 0 Å². The fourth-order valence-corrected chi connectivity index (χ4v) is 2.75. The smallest absolute Gasteiger partial charge is 0.251 e. The third-order valence-electron chi connectivity index (χ3n) is 4.01. The van der Waals surface area contributed by atoms with Gasteiger partial charge in [-0.25, -0.2) is 0 Å². The number of nitrogens with one attached hydrogen (secondary N) is 1. The first-order valence-corrected chi connectivity index (χ1v) is 6.97. The number of carbonyl (C=O) groups is 1. The topological polar surface area (TPSA) is 41.6 Å². The third kappa shape index (κ3) is 2.73. The van der Waals surface area contributed by atoms with E-state index in [-0.39, 0.29) is 5.91 Å². The lowest BCUT2D eigenvalue weighted by molar-refractivity contribution is 0.0917. The summed E-state index contributed by atoms with van der Waals surface area (Å²) in [5.74, 6) is 0.972. The summed E-state index contributed by atoms with van der Waals surface area (Å²) in [5, 5.41) is 3.14. The molecule has 4 heteroatoms. The third-order valence-corrected chi connectivity index (χ3v) is 4.01. The van der Waals surface area contributed by atoms with Crippen molar-refractivity contribution in [3.8, 4) is 5.75 Å². The molecule has 2 aliphatic heterocycles. The van der Waals surface area contributed by atoms with Crippen LogP contribution in [0.25, 0.3) is 0 Å². The molecule has 0 aromatic heterocycles. The van der Waals surface area contributed by atoms with Gasteiger partial charge in [-0.1, -0.05) is 0 Å². The fourth-order valence-electron chi connectivity index (χ4n) is 2.75. The van der Waals surface area contributed by atoms with Gasteiger partial charge in [0.15, 0.2) is 0 Å². The van der Waals surface area contributed by atoms with E-state index in [1.165, 1.54) is 0 Å². The molecule has 4 nitrogen and oxygen atoms in total. The number of likely N-dealkylation sites (tertiary alicyclic amines) is 1. The maximum absolute atomic E-state index is 12.2. The van der Waals surface area contributed by atoms with Gasteiger partial charge in [0.25, 0.3) is 5.91 Å². The van der Waals surface area contributed by atoms with Gasteiger partial charge in [0.1, 0.15) is 5.75 Å². The van der Waals surface area contributed by atoms with Crippen molar-refractivity contribution in [1.82, 2.24) is 10.2 Å². The van der Waals surface area contributed by atoms with E-state index in [1.807, 2.05) is 18.2 Å². The van der Waals surface area contributed by atoms with E-state index in [0.29, 0.717) is 6.04 Å². The van der Waals surface area contributed by atoms with Gasteiger partial charge in [-0.2, -0.15) is 0 Å². The predicted molar refractivity (Wildman–Crippen MR) is 73.6 cm³/mol. The average Bonchev–Trinajstić information content (AvgIpc) is 2.88. The van der Waals surface area contributed by atoms with Gasteiger partial charge in [-0.3, -0.25) is 4.79 Å². The van der Waals surface area contributed by atoms with Crippen LogP contribution in [0.3, 0.4) is 0 Å². The Hall–Kier alpha value is -1.55. The molecule has 3 rings (SSSR count). The fraction of sp³-hybridized carbons (Fsp3) is 0.533. The highest BCUT2D eigenvalue weighted by Gasteiger charge is 2.20. The van der Waals surface area contributed by atoms with Crippen LogP contribution in [0.2, 0.25) is 0 Å². The normalized spacial score (nSPS) is 19.8. The van der Waals surface area contributed by atoms with Crippen molar-refractivity contribution in [2.75, 3.05) is 26.7 Å². The zero-order valence-corrected chi connectivity index (χ0v) is 11.3. The van der Waals surface area contributed by atoms with Crippen LogP contribution in [0.4, 0.5) is 0 Å². The van der Waals surface area contributed by atoms with Crippen molar-refractivity contribution in [1.29, 1.82) is 0 Å². The quantitative estimate of drug-likeness (QED) is 0.875. The largest absolute Gasteiger partial charge is 0.493 e. The predicted octanol–water partition coefficient (Wildman–Crippen LogP) is 1.45. The van der Waals surface area contributed by atoms with E-state index >= 15 is 0 Å². The van der Waals surface area contributed by atoms with Gasteiger partial charge in [0, 0.05) is 18.0 Å². The summed E-state index contributed by atoms with van der Waals surface area (Å²) in [7, 11) is 2.12. The van der Waals surface area contributed by atoms with Crippen LogP contribution in [0.15, 0.2) is 18.2 Å². The molecule has 0 aliphatic carbocycles. The Balaban J connectivity index is 1.64. The Kier molecular flexibility index (Phi) is 3.42. The van der Waals surface area contributed by atoms with Gasteiger partial charge in [0.2, 0.25) is 0 Å². The van der Waals surface area contributed by atoms with Crippen LogP contribution < -0.4 is 10.1 Å². The van der Waals surface area contributed by atoms with E-state index in [0.717, 1.165) is 55.8 Å². The van der Waals surface area contributed by atoms with Crippen molar-refractivity contribution in [2.45, 2.75) is 25.3 Å². The first kappa shape index (κ1) is 12.5. The summed E-state index contributed by atoms with van der Waals surface area (Å²) in [4.78, 5) is 14.5. The number of amides is 1. The minimum Gasteiger partial charge on any atom is -0.493 e. The van der Waals surface area contributed by atoms with Crippen molar-refractivity contribution >= 4 is 5.91 Å². The minimum absolute atomic E-state index is 0.0456. The SMILES string of the molecule is CN1CCC(NC(=O)c2ccc3c(c2)CCO3)CC1. The first-order chi connectivity index (χ1) is 9.22. The highest BCUT2D eigenvalue weighted by Crippen LogP contribution is 2.25. The number of fused-ring (bicyclic) bond motifs is 1. The van der Waals surface area contributed by atoms with Crippen LogP contribution in [-0.4, -0.2) is 43.6 Å². The minimum atomic E-state index is 0.0456. The summed E-state index contributed by atoms with van der Waals surface area (Å²) in [6, 6.07) is 6.04. The number of hydrogen-bond donors (Lipinski definition) is 1. The maximum Gasteiger partial charge on any atom is 0.251 e. The Morgan fingerprint density at radius 3 is 2.95 bits per heavy atom. The van der Waals surface area contributed by atoms with Gasteiger partial charge in [-0.05, 0) is 56.7 Å². The second-order valence-electron chi connectivity index (χ2n) is 5.47. The molecule has 1 fully saturated rings. The number of hydrogen-bond acceptors (Lipinski definition) is 3. The molecule has 0 spiro atoms. The molecule has 1 N–H and O–H groups in total. The Morgan fingerprint density at radius 2 is 2.16 bits per heavy atom. The Labute approximate surface area is 113 Å². The summed E-state index contributed by atoms with van der Waals surface area (Å²) in [6.07, 6.45) is 2.98. The number of rotatable bonds is 2. The molecule has 1 aromatic rings. The molecule has 0 atom stereocenters. The maximum atomic E-state index is 12.2. The van der Waals surface area contributed by atoms with E-state index in [4.69, 9.17) is 4.74 Å². The molecular formula is C15H20N2O2. The highest BCUT2D eigenvalue weighted by molar-refractivity contribution is 5.94. The van der Waals surface area contributed by atoms with Crippen LogP contribution >= 0.6 is 0 Å². The van der Waals surface area contributed by atoms with Gasteiger partial charge < -0.3 is 15.0 Å². The van der Waals surface area contributed by atoms with E-state index in [2.05, 4.69) is 17.3 Å². The lowest BCUT2D eigenvalue weighted by Crippen LogP contribution is -2.43. The van der Waals surface area contributed by atoms with Crippen molar-refractivity contribution in [3.63, 3.8) is 0 Å². The number of nitrogens with zero attached hydrogens (tertiary/aromatic N) is 1. The molecule has 1 amide bonds. The summed E-state index contributed by atoms with van der Waals surface area (Å²) >= 11 is 0. The number of piperidine rings is 1. The molecule has 0 unspecified atom stereocenters. The number of benzene rings is 1. The molecule has 1 aromatic carbocycles. The molecule has 2 aliphatic rings. The summed E-state index contributed by atoms with van der Waals surface area (Å²) in [6.45, 7) is 2.85. The molecule has 102 valence electrons. The zero-order chi connectivity index (χ0) is 13.2. The monoisotopic (exact) mass is 260 g/mol. The molecule has 2 heterocycles. The van der Waals surface area contributed by atoms with Crippen LogP contribution in [0, 0.1) is 0 Å². The van der Waals surface area contributed by atoms with Crippen LogP contribution in [0.1, 0.15) is 28.8 Å². The van der Waals surface area contributed by atoms with Crippen molar-refractivity contribution < 1.29 is 9.53 Å². The Bertz CT molecular complexity index is 479. The highest BCUT2D eigenvalue weighted by atomic mass is 16.5. The molecule has 19 heavy (non-hydrogen) atoms. The molecule has 1 saturated heterocycles. The van der Waals surface area contributed by atoms with Gasteiger partial charge in [0.05, 0.1) is 6.61 Å². The first-order valence-electron chi connectivity index (χ1n) is 6.97. The molecule has 0 bridgehead atoms. The van der Waals surface area contributed by atoms with Crippen molar-refractivity contribution in [2.24, 2.45) is 0 Å². The lowest BCUT2D eigenvalue weighted by atomic mass is 10.0. The molecule has 0 radical (unpaired) electrons. The van der Waals surface area contributed by atoms with E-state index < -0.39 is 0 Å². The lowest BCUT2D eigenvalue weighted by Gasteiger charge is -2.29. The Morgan fingerprint density at radius 1 is 1.37 bits per heavy atom. The number of carbonyl (C=O) groups excluding carboxylic acids is 1.